The molecule has 4 N–H and O–H groups in total. The fourth-order valence-electron chi connectivity index (χ4n) is 2.35. The SMILES string of the molecule is CC(C)CC[C@H](O)C(=O)N(O)C(=O)N[C@H](C(=O)Nc1ccccn1)C(C)(C)C. The van der Waals surface area contributed by atoms with E-state index in [4.69, 9.17) is 0 Å². The highest BCUT2D eigenvalue weighted by molar-refractivity contribution is 6.00. The summed E-state index contributed by atoms with van der Waals surface area (Å²) < 4.78 is 0. The number of amides is 4. The number of hydroxylamine groups is 2. The lowest BCUT2D eigenvalue weighted by atomic mass is 9.86. The van der Waals surface area contributed by atoms with E-state index in [2.05, 4.69) is 15.6 Å². The number of anilines is 1. The summed E-state index contributed by atoms with van der Waals surface area (Å²) in [6.45, 7) is 9.01. The molecule has 0 spiro atoms. The lowest BCUT2D eigenvalue weighted by Gasteiger charge is -2.31. The van der Waals surface area contributed by atoms with E-state index in [9.17, 15) is 24.7 Å². The van der Waals surface area contributed by atoms with E-state index in [1.807, 2.05) is 13.8 Å². The summed E-state index contributed by atoms with van der Waals surface area (Å²) >= 11 is 0. The van der Waals surface area contributed by atoms with Gasteiger partial charge in [0.2, 0.25) is 5.91 Å². The smallest absolute Gasteiger partial charge is 0.349 e. The Labute approximate surface area is 165 Å². The number of hydrogen-bond acceptors (Lipinski definition) is 6. The Bertz CT molecular complexity index is 673. The Hall–Kier alpha value is -2.52. The first-order chi connectivity index (χ1) is 12.9. The van der Waals surface area contributed by atoms with Crippen molar-refractivity contribution in [1.29, 1.82) is 0 Å². The maximum Gasteiger partial charge on any atom is 0.349 e. The molecular formula is C19H30N4O5. The van der Waals surface area contributed by atoms with Crippen molar-refractivity contribution in [2.75, 3.05) is 5.32 Å². The molecule has 0 aliphatic rings. The van der Waals surface area contributed by atoms with Gasteiger partial charge in [-0.05, 0) is 36.3 Å². The highest BCUT2D eigenvalue weighted by Crippen LogP contribution is 2.21. The Morgan fingerprint density at radius 3 is 2.32 bits per heavy atom. The van der Waals surface area contributed by atoms with Crippen LogP contribution in [0.5, 0.6) is 0 Å². The summed E-state index contributed by atoms with van der Waals surface area (Å²) in [6, 6.07) is 2.71. The van der Waals surface area contributed by atoms with E-state index < -0.39 is 35.4 Å². The van der Waals surface area contributed by atoms with Crippen molar-refractivity contribution in [1.82, 2.24) is 15.4 Å². The Morgan fingerprint density at radius 2 is 1.82 bits per heavy atom. The molecule has 0 fully saturated rings. The molecule has 0 radical (unpaired) electrons. The van der Waals surface area contributed by atoms with Gasteiger partial charge in [0.25, 0.3) is 5.91 Å². The van der Waals surface area contributed by atoms with Gasteiger partial charge < -0.3 is 15.7 Å². The number of nitrogens with zero attached hydrogens (tertiary/aromatic N) is 2. The zero-order valence-electron chi connectivity index (χ0n) is 17.0. The number of aliphatic hydroxyl groups is 1. The monoisotopic (exact) mass is 394 g/mol. The number of carbonyl (C=O) groups is 3. The van der Waals surface area contributed by atoms with Gasteiger partial charge in [-0.3, -0.25) is 14.8 Å². The van der Waals surface area contributed by atoms with Crippen molar-refractivity contribution >= 4 is 23.7 Å². The number of pyridine rings is 1. The zero-order valence-corrected chi connectivity index (χ0v) is 17.0. The van der Waals surface area contributed by atoms with Gasteiger partial charge in [0.05, 0.1) is 0 Å². The molecule has 0 saturated heterocycles. The summed E-state index contributed by atoms with van der Waals surface area (Å²) in [4.78, 5) is 40.9. The molecule has 9 heteroatoms. The number of rotatable bonds is 7. The summed E-state index contributed by atoms with van der Waals surface area (Å²) in [6.07, 6.45) is 0.671. The van der Waals surface area contributed by atoms with Gasteiger partial charge >= 0.3 is 6.03 Å². The molecule has 156 valence electrons. The average Bonchev–Trinajstić information content (AvgIpc) is 2.62. The Kier molecular flexibility index (Phi) is 8.52. The maximum atomic E-state index is 12.6. The first-order valence-electron chi connectivity index (χ1n) is 9.16. The van der Waals surface area contributed by atoms with Crippen LogP contribution in [0.15, 0.2) is 24.4 Å². The van der Waals surface area contributed by atoms with Gasteiger partial charge in [-0.25, -0.2) is 9.78 Å². The van der Waals surface area contributed by atoms with Crippen molar-refractivity contribution in [3.63, 3.8) is 0 Å². The quantitative estimate of drug-likeness (QED) is 0.414. The maximum absolute atomic E-state index is 12.6. The molecule has 1 aromatic rings. The number of urea groups is 1. The van der Waals surface area contributed by atoms with Crippen LogP contribution in [-0.4, -0.2) is 50.4 Å². The van der Waals surface area contributed by atoms with Gasteiger partial charge in [-0.2, -0.15) is 0 Å². The van der Waals surface area contributed by atoms with Crippen molar-refractivity contribution in [2.24, 2.45) is 11.3 Å². The third-order valence-electron chi connectivity index (χ3n) is 4.02. The minimum absolute atomic E-state index is 0.115. The summed E-state index contributed by atoms with van der Waals surface area (Å²) in [5, 5.41) is 24.5. The van der Waals surface area contributed by atoms with E-state index in [-0.39, 0.29) is 17.4 Å². The predicted octanol–water partition coefficient (Wildman–Crippen LogP) is 2.16. The second kappa shape index (κ2) is 10.1. The largest absolute Gasteiger partial charge is 0.383 e. The highest BCUT2D eigenvalue weighted by Gasteiger charge is 2.36. The van der Waals surface area contributed by atoms with Crippen molar-refractivity contribution in [3.8, 4) is 0 Å². The van der Waals surface area contributed by atoms with Crippen LogP contribution in [0.1, 0.15) is 47.5 Å². The number of nitrogens with one attached hydrogen (secondary N) is 2. The minimum atomic E-state index is -1.51. The van der Waals surface area contributed by atoms with Crippen LogP contribution >= 0.6 is 0 Å². The van der Waals surface area contributed by atoms with Gasteiger partial charge in [0.1, 0.15) is 18.0 Å². The van der Waals surface area contributed by atoms with Crippen molar-refractivity contribution in [2.45, 2.75) is 59.6 Å². The van der Waals surface area contributed by atoms with Crippen molar-refractivity contribution < 1.29 is 24.7 Å². The van der Waals surface area contributed by atoms with Crippen LogP contribution in [0.3, 0.4) is 0 Å². The molecule has 2 atom stereocenters. The fraction of sp³-hybridized carbons (Fsp3) is 0.579. The van der Waals surface area contributed by atoms with Crippen LogP contribution in [0.2, 0.25) is 0 Å². The minimum Gasteiger partial charge on any atom is -0.383 e. The van der Waals surface area contributed by atoms with Gasteiger partial charge in [0, 0.05) is 6.20 Å². The normalized spacial score (nSPS) is 13.6. The topological polar surface area (TPSA) is 132 Å². The molecule has 1 rings (SSSR count). The molecule has 4 amide bonds. The molecule has 28 heavy (non-hydrogen) atoms. The lowest BCUT2D eigenvalue weighted by molar-refractivity contribution is -0.163. The average molecular weight is 394 g/mol. The summed E-state index contributed by atoms with van der Waals surface area (Å²) in [7, 11) is 0. The molecule has 0 aromatic carbocycles. The molecule has 0 bridgehead atoms. The third-order valence-corrected chi connectivity index (χ3v) is 4.02. The highest BCUT2D eigenvalue weighted by atomic mass is 16.5. The van der Waals surface area contributed by atoms with Crippen LogP contribution in [-0.2, 0) is 9.59 Å². The van der Waals surface area contributed by atoms with E-state index in [1.54, 1.807) is 39.0 Å². The number of hydrogen-bond donors (Lipinski definition) is 4. The zero-order chi connectivity index (χ0) is 21.5. The standard InChI is InChI=1S/C19H30N4O5/c1-12(2)9-10-13(24)17(26)23(28)18(27)22-15(19(3,4)5)16(25)21-14-8-6-7-11-20-14/h6-8,11-13,15,24,28H,9-10H2,1-5H3,(H,22,27)(H,20,21,25)/t13-,15+/m0/s1. The van der Waals surface area contributed by atoms with Crippen LogP contribution in [0, 0.1) is 11.3 Å². The number of aliphatic hydroxyl groups excluding tert-OH is 1. The van der Waals surface area contributed by atoms with E-state index in [1.165, 1.54) is 6.20 Å². The number of aromatic nitrogens is 1. The van der Waals surface area contributed by atoms with E-state index >= 15 is 0 Å². The fourth-order valence-corrected chi connectivity index (χ4v) is 2.35. The molecule has 0 aliphatic carbocycles. The first-order valence-corrected chi connectivity index (χ1v) is 9.16. The number of imide groups is 1. The molecular weight excluding hydrogens is 364 g/mol. The molecule has 1 aromatic heterocycles. The first kappa shape index (κ1) is 23.5. The second-order valence-corrected chi connectivity index (χ2v) is 8.09. The number of carbonyl (C=O) groups excluding carboxylic acids is 3. The molecule has 0 unspecified atom stereocenters. The predicted molar refractivity (Wildman–Crippen MR) is 103 cm³/mol. The summed E-state index contributed by atoms with van der Waals surface area (Å²) in [5.74, 6) is -1.14. The third kappa shape index (κ3) is 7.24. The Balaban J connectivity index is 2.81. The second-order valence-electron chi connectivity index (χ2n) is 8.09. The van der Waals surface area contributed by atoms with E-state index in [0.717, 1.165) is 0 Å². The molecule has 9 nitrogen and oxygen atoms in total. The Morgan fingerprint density at radius 1 is 1.18 bits per heavy atom. The van der Waals surface area contributed by atoms with Crippen LogP contribution in [0.4, 0.5) is 10.6 Å². The summed E-state index contributed by atoms with van der Waals surface area (Å²) in [5.41, 5.74) is -0.728. The molecule has 0 saturated carbocycles. The molecule has 0 aliphatic heterocycles. The van der Waals surface area contributed by atoms with Crippen LogP contribution in [0.25, 0.3) is 0 Å². The molecule has 1 heterocycles. The van der Waals surface area contributed by atoms with Gasteiger partial charge in [-0.1, -0.05) is 40.7 Å². The van der Waals surface area contributed by atoms with Gasteiger partial charge in [-0.15, -0.1) is 5.06 Å². The van der Waals surface area contributed by atoms with E-state index in [0.29, 0.717) is 12.2 Å². The lowest BCUT2D eigenvalue weighted by Crippen LogP contribution is -2.56. The van der Waals surface area contributed by atoms with Crippen LogP contribution < -0.4 is 10.6 Å². The van der Waals surface area contributed by atoms with Gasteiger partial charge in [0.15, 0.2) is 0 Å². The van der Waals surface area contributed by atoms with Crippen molar-refractivity contribution in [3.05, 3.63) is 24.4 Å².